The van der Waals surface area contributed by atoms with E-state index in [1.54, 1.807) is 0 Å². The van der Waals surface area contributed by atoms with Crippen LogP contribution >= 0.6 is 11.3 Å². The molecule has 4 aromatic heterocycles. The lowest BCUT2D eigenvalue weighted by Crippen LogP contribution is -2.10. The summed E-state index contributed by atoms with van der Waals surface area (Å²) in [6, 6.07) is 75.3. The van der Waals surface area contributed by atoms with Crippen LogP contribution in [0.5, 0.6) is 0 Å². The highest BCUT2D eigenvalue weighted by atomic mass is 32.1. The number of hydrogen-bond donors (Lipinski definition) is 0. The molecule has 4 nitrogen and oxygen atoms in total. The summed E-state index contributed by atoms with van der Waals surface area (Å²) >= 11 is 1.84. The van der Waals surface area contributed by atoms with E-state index in [9.17, 15) is 0 Å². The minimum atomic E-state index is 0.849. The smallest absolute Gasteiger partial charge is 0.143 e. The first-order valence-electron chi connectivity index (χ1n) is 21.9. The van der Waals surface area contributed by atoms with Crippen LogP contribution < -0.4 is 4.90 Å². The molecule has 10 aromatic carbocycles. The van der Waals surface area contributed by atoms with Crippen LogP contribution in [0.2, 0.25) is 0 Å². The van der Waals surface area contributed by atoms with Crippen molar-refractivity contribution in [1.29, 1.82) is 0 Å². The third-order valence-electron chi connectivity index (χ3n) is 13.1. The molecular weight excluding hydrogens is 815 g/mol. The molecule has 0 aliphatic rings. The third kappa shape index (κ3) is 5.49. The van der Waals surface area contributed by atoms with Crippen molar-refractivity contribution in [1.82, 2.24) is 0 Å². The maximum Gasteiger partial charge on any atom is 0.143 e. The molecule has 0 spiro atoms. The van der Waals surface area contributed by atoms with Crippen LogP contribution in [-0.4, -0.2) is 0 Å². The molecule has 0 saturated heterocycles. The Hall–Kier alpha value is -8.38. The zero-order valence-electron chi connectivity index (χ0n) is 34.8. The van der Waals surface area contributed by atoms with Crippen molar-refractivity contribution in [3.63, 3.8) is 0 Å². The Balaban J connectivity index is 0.894. The van der Waals surface area contributed by atoms with E-state index in [0.717, 1.165) is 116 Å². The number of rotatable bonds is 6. The largest absolute Gasteiger partial charge is 0.455 e. The number of thiophene rings is 1. The van der Waals surface area contributed by atoms with E-state index in [0.29, 0.717) is 0 Å². The Morgan fingerprint density at radius 1 is 0.292 bits per heavy atom. The average Bonchev–Trinajstić information content (AvgIpc) is 4.15. The van der Waals surface area contributed by atoms with Gasteiger partial charge in [0.2, 0.25) is 0 Å². The Morgan fingerprint density at radius 3 is 1.26 bits per heavy atom. The second kappa shape index (κ2) is 14.1. The average molecular weight is 850 g/mol. The van der Waals surface area contributed by atoms with Gasteiger partial charge in [0, 0.05) is 81.4 Å². The molecule has 0 bridgehead atoms. The molecule has 65 heavy (non-hydrogen) atoms. The van der Waals surface area contributed by atoms with Gasteiger partial charge in [0.05, 0.1) is 10.4 Å². The van der Waals surface area contributed by atoms with Crippen LogP contribution in [-0.2, 0) is 0 Å². The van der Waals surface area contributed by atoms with E-state index in [4.69, 9.17) is 13.3 Å². The highest BCUT2D eigenvalue weighted by molar-refractivity contribution is 7.26. The molecule has 14 rings (SSSR count). The quantitative estimate of drug-likeness (QED) is 0.167. The highest BCUT2D eigenvalue weighted by Gasteiger charge is 2.22. The van der Waals surface area contributed by atoms with Gasteiger partial charge in [-0.3, -0.25) is 0 Å². The van der Waals surface area contributed by atoms with Gasteiger partial charge in [-0.15, -0.1) is 11.3 Å². The fourth-order valence-electron chi connectivity index (χ4n) is 10.1. The second-order valence-corrected chi connectivity index (χ2v) is 17.8. The molecule has 0 atom stereocenters. The van der Waals surface area contributed by atoms with Crippen molar-refractivity contribution in [3.05, 3.63) is 212 Å². The van der Waals surface area contributed by atoms with Crippen molar-refractivity contribution in [2.45, 2.75) is 0 Å². The maximum absolute atomic E-state index is 6.97. The second-order valence-electron chi connectivity index (χ2n) is 16.7. The number of para-hydroxylation sites is 6. The molecule has 0 unspecified atom stereocenters. The predicted octanol–water partition coefficient (Wildman–Crippen LogP) is 18.2. The maximum atomic E-state index is 6.97. The fraction of sp³-hybridized carbons (Fsp3) is 0. The summed E-state index contributed by atoms with van der Waals surface area (Å²) in [5, 5.41) is 9.15. The van der Waals surface area contributed by atoms with Crippen molar-refractivity contribution < 1.29 is 13.3 Å². The van der Waals surface area contributed by atoms with E-state index >= 15 is 0 Å². The number of nitrogens with zero attached hydrogens (tertiary/aromatic N) is 1. The van der Waals surface area contributed by atoms with Crippen LogP contribution in [0.25, 0.3) is 119 Å². The molecule has 0 fully saturated rings. The van der Waals surface area contributed by atoms with E-state index in [2.05, 4.69) is 193 Å². The normalized spacial score (nSPS) is 12.0. The Morgan fingerprint density at radius 2 is 0.692 bits per heavy atom. The Bertz CT molecular complexity index is 4190. The summed E-state index contributed by atoms with van der Waals surface area (Å²) in [5.74, 6) is 0. The molecule has 5 heteroatoms. The van der Waals surface area contributed by atoms with Crippen LogP contribution in [0.4, 0.5) is 17.1 Å². The van der Waals surface area contributed by atoms with Crippen molar-refractivity contribution in [3.8, 4) is 33.4 Å². The Labute approximate surface area is 376 Å². The summed E-state index contributed by atoms with van der Waals surface area (Å²) < 4.78 is 22.4. The van der Waals surface area contributed by atoms with Crippen LogP contribution in [0.1, 0.15) is 0 Å². The molecule has 0 radical (unpaired) electrons. The van der Waals surface area contributed by atoms with E-state index in [-0.39, 0.29) is 0 Å². The molecule has 0 amide bonds. The van der Waals surface area contributed by atoms with Gasteiger partial charge in [0.1, 0.15) is 33.5 Å². The lowest BCUT2D eigenvalue weighted by Gasteiger charge is -2.26. The first-order chi connectivity index (χ1) is 32.2. The lowest BCUT2D eigenvalue weighted by molar-refractivity contribution is 0.665. The summed E-state index contributed by atoms with van der Waals surface area (Å²) in [4.78, 5) is 2.39. The molecule has 304 valence electrons. The van der Waals surface area contributed by atoms with Crippen LogP contribution in [0.15, 0.2) is 226 Å². The molecule has 14 aromatic rings. The molecule has 0 N–H and O–H groups in total. The zero-order valence-corrected chi connectivity index (χ0v) is 35.6. The van der Waals surface area contributed by atoms with E-state index in [1.165, 1.54) is 20.2 Å². The van der Waals surface area contributed by atoms with Crippen molar-refractivity contribution >= 4 is 114 Å². The summed E-state index contributed by atoms with van der Waals surface area (Å²) in [5.41, 5.74) is 14.8. The first kappa shape index (κ1) is 36.1. The predicted molar refractivity (Wildman–Crippen MR) is 272 cm³/mol. The standard InChI is InChI=1S/C60H35NO3S/c1-4-25-53-42(12-1)45-17-7-15-40(56(45)62-53)36-28-32-38(33-29-36)61(52-24-11-23-51-44-14-3-6-27-55(44)65-60(51)52)39-34-30-37(31-35-39)41-16-8-19-47-49-21-10-22-50(59(49)64-57(41)47)48-20-9-18-46-43-13-2-5-26-54(43)63-58(46)48/h1-35H. The number of fused-ring (bicyclic) bond motifs is 12. The molecule has 0 aliphatic carbocycles. The summed E-state index contributed by atoms with van der Waals surface area (Å²) in [6.07, 6.45) is 0. The van der Waals surface area contributed by atoms with E-state index < -0.39 is 0 Å². The summed E-state index contributed by atoms with van der Waals surface area (Å²) in [6.45, 7) is 0. The lowest BCUT2D eigenvalue weighted by atomic mass is 9.99. The van der Waals surface area contributed by atoms with E-state index in [1.807, 2.05) is 35.6 Å². The molecule has 4 heterocycles. The SMILES string of the molecule is c1ccc2c(c1)oc1c(-c3ccc(N(c4ccc(-c5cccc6c5oc5c(-c7cccc8c7oc7ccccc78)cccc56)cc4)c4cccc5c4sc4ccccc45)cc3)cccc12. The van der Waals surface area contributed by atoms with Gasteiger partial charge >= 0.3 is 0 Å². The van der Waals surface area contributed by atoms with Gasteiger partial charge in [-0.25, -0.2) is 0 Å². The molecular formula is C60H35NO3S. The number of furan rings is 3. The molecule has 0 saturated carbocycles. The first-order valence-corrected chi connectivity index (χ1v) is 22.7. The highest BCUT2D eigenvalue weighted by Crippen LogP contribution is 2.47. The summed E-state index contributed by atoms with van der Waals surface area (Å²) in [7, 11) is 0. The number of benzene rings is 10. The monoisotopic (exact) mass is 849 g/mol. The fourth-order valence-corrected chi connectivity index (χ4v) is 11.3. The van der Waals surface area contributed by atoms with Crippen molar-refractivity contribution in [2.75, 3.05) is 4.90 Å². The van der Waals surface area contributed by atoms with Gasteiger partial charge in [-0.05, 0) is 59.7 Å². The van der Waals surface area contributed by atoms with Gasteiger partial charge in [-0.2, -0.15) is 0 Å². The number of hydrogen-bond acceptors (Lipinski definition) is 5. The van der Waals surface area contributed by atoms with Gasteiger partial charge in [0.15, 0.2) is 0 Å². The zero-order chi connectivity index (χ0) is 42.6. The van der Waals surface area contributed by atoms with Gasteiger partial charge in [-0.1, -0.05) is 164 Å². The minimum Gasteiger partial charge on any atom is -0.455 e. The topological polar surface area (TPSA) is 42.7 Å². The number of anilines is 3. The molecule has 0 aliphatic heterocycles. The van der Waals surface area contributed by atoms with Gasteiger partial charge in [0.25, 0.3) is 0 Å². The minimum absolute atomic E-state index is 0.849. The third-order valence-corrected chi connectivity index (χ3v) is 14.3. The van der Waals surface area contributed by atoms with Crippen molar-refractivity contribution in [2.24, 2.45) is 0 Å². The Kier molecular flexibility index (Phi) is 7.82. The van der Waals surface area contributed by atoms with Crippen LogP contribution in [0, 0.1) is 0 Å². The van der Waals surface area contributed by atoms with Gasteiger partial charge < -0.3 is 18.2 Å². The van der Waals surface area contributed by atoms with Crippen LogP contribution in [0.3, 0.4) is 0 Å².